The summed E-state index contributed by atoms with van der Waals surface area (Å²) in [4.78, 5) is 23.2. The van der Waals surface area contributed by atoms with E-state index >= 15 is 0 Å². The second-order valence-corrected chi connectivity index (χ2v) is 8.96. The van der Waals surface area contributed by atoms with Crippen molar-refractivity contribution in [1.29, 1.82) is 0 Å². The van der Waals surface area contributed by atoms with Crippen LogP contribution in [-0.4, -0.2) is 25.8 Å². The number of hydrogen-bond acceptors (Lipinski definition) is 5. The molecule has 0 aliphatic heterocycles. The summed E-state index contributed by atoms with van der Waals surface area (Å²) >= 11 is 1.38. The number of aryl methyl sites for hydroxylation is 3. The van der Waals surface area contributed by atoms with E-state index in [1.165, 1.54) is 22.5 Å². The minimum absolute atomic E-state index is 0.128. The molecule has 1 aliphatic carbocycles. The Morgan fingerprint density at radius 2 is 2.13 bits per heavy atom. The van der Waals surface area contributed by atoms with Crippen molar-refractivity contribution < 1.29 is 9.63 Å². The molecule has 0 saturated heterocycles. The Kier molecular flexibility index (Phi) is 4.98. The third-order valence-electron chi connectivity index (χ3n) is 6.22. The van der Waals surface area contributed by atoms with E-state index in [-0.39, 0.29) is 5.92 Å². The van der Waals surface area contributed by atoms with E-state index in [0.717, 1.165) is 47.4 Å². The van der Waals surface area contributed by atoms with Crippen molar-refractivity contribution in [3.8, 4) is 0 Å². The summed E-state index contributed by atoms with van der Waals surface area (Å²) in [5, 5.41) is 7.55. The number of para-hydroxylation sites is 1. The lowest BCUT2D eigenvalue weighted by Crippen LogP contribution is -2.28. The second-order valence-electron chi connectivity index (χ2n) is 8.05. The van der Waals surface area contributed by atoms with Crippen LogP contribution in [0.25, 0.3) is 10.9 Å². The molecule has 1 aliphatic rings. The Labute approximate surface area is 184 Å². The molecule has 1 aromatic carbocycles. The quantitative estimate of drug-likeness (QED) is 0.341. The van der Waals surface area contributed by atoms with Crippen LogP contribution in [0, 0.1) is 19.8 Å². The number of carbonyl (C=O) groups is 1. The Morgan fingerprint density at radius 3 is 2.87 bits per heavy atom. The minimum Gasteiger partial charge on any atom is -0.347 e. The molecule has 0 radical (unpaired) electrons. The fourth-order valence-electron chi connectivity index (χ4n) is 4.52. The van der Waals surface area contributed by atoms with Gasteiger partial charge in [0.05, 0.1) is 5.71 Å². The maximum atomic E-state index is 12.7. The van der Waals surface area contributed by atoms with Crippen LogP contribution in [0.5, 0.6) is 0 Å². The van der Waals surface area contributed by atoms with Crippen LogP contribution in [0.2, 0.25) is 0 Å². The van der Waals surface area contributed by atoms with Gasteiger partial charge in [0.25, 0.3) is 0 Å². The van der Waals surface area contributed by atoms with Crippen molar-refractivity contribution >= 4 is 33.9 Å². The summed E-state index contributed by atoms with van der Waals surface area (Å²) in [6.45, 7) is 4.67. The molecule has 3 heterocycles. The molecule has 158 valence electrons. The number of oxime groups is 1. The van der Waals surface area contributed by atoms with Crippen LogP contribution in [-0.2, 0) is 24.9 Å². The first kappa shape index (κ1) is 19.8. The van der Waals surface area contributed by atoms with Crippen molar-refractivity contribution in [2.45, 2.75) is 33.2 Å². The number of benzene rings is 1. The van der Waals surface area contributed by atoms with Crippen molar-refractivity contribution in [2.75, 3.05) is 0 Å². The lowest BCUT2D eigenvalue weighted by atomic mass is 9.84. The average molecular weight is 433 g/mol. The van der Waals surface area contributed by atoms with Gasteiger partial charge in [0.2, 0.25) is 0 Å². The summed E-state index contributed by atoms with van der Waals surface area (Å²) in [6.07, 6.45) is 5.70. The summed E-state index contributed by atoms with van der Waals surface area (Å²) in [6, 6.07) is 10.3. The topological polar surface area (TPSA) is 61.4 Å². The zero-order valence-corrected chi connectivity index (χ0v) is 18.6. The molecule has 0 bridgehead atoms. The SMILES string of the molecule is Cc1ccsc1C(=O)O/N=C1/c2c(n(C)c3ccccc23)CCC1Cn1ccnc1C. The van der Waals surface area contributed by atoms with E-state index in [2.05, 4.69) is 44.5 Å². The van der Waals surface area contributed by atoms with Crippen LogP contribution in [0.1, 0.15) is 38.7 Å². The third-order valence-corrected chi connectivity index (χ3v) is 7.21. The first-order valence-corrected chi connectivity index (χ1v) is 11.3. The Hall–Kier alpha value is -3.19. The smallest absolute Gasteiger partial charge is 0.347 e. The molecule has 0 amide bonds. The van der Waals surface area contributed by atoms with Crippen molar-refractivity contribution in [2.24, 2.45) is 18.1 Å². The van der Waals surface area contributed by atoms with E-state index in [0.29, 0.717) is 4.88 Å². The number of thiophene rings is 1. The average Bonchev–Trinajstić information content (AvgIpc) is 3.46. The normalized spacial score (nSPS) is 17.3. The molecule has 0 saturated carbocycles. The number of aromatic nitrogens is 3. The van der Waals surface area contributed by atoms with Gasteiger partial charge < -0.3 is 14.0 Å². The molecular formula is C24H24N4O2S. The predicted molar refractivity (Wildman–Crippen MR) is 123 cm³/mol. The van der Waals surface area contributed by atoms with Gasteiger partial charge in [0.15, 0.2) is 0 Å². The van der Waals surface area contributed by atoms with Crippen molar-refractivity contribution in [3.63, 3.8) is 0 Å². The van der Waals surface area contributed by atoms with Gasteiger partial charge in [-0.05, 0) is 49.8 Å². The molecule has 1 atom stereocenters. The molecule has 0 N–H and O–H groups in total. The lowest BCUT2D eigenvalue weighted by Gasteiger charge is -2.25. The van der Waals surface area contributed by atoms with Gasteiger partial charge in [0, 0.05) is 54.1 Å². The van der Waals surface area contributed by atoms with Gasteiger partial charge in [-0.1, -0.05) is 23.4 Å². The summed E-state index contributed by atoms with van der Waals surface area (Å²) in [5.41, 5.74) is 5.26. The first-order valence-electron chi connectivity index (χ1n) is 10.4. The highest BCUT2D eigenvalue weighted by atomic mass is 32.1. The van der Waals surface area contributed by atoms with E-state index in [1.807, 2.05) is 43.8 Å². The maximum absolute atomic E-state index is 12.7. The van der Waals surface area contributed by atoms with E-state index < -0.39 is 5.97 Å². The Bertz CT molecular complexity index is 1310. The Morgan fingerprint density at radius 1 is 1.29 bits per heavy atom. The zero-order chi connectivity index (χ0) is 21.5. The van der Waals surface area contributed by atoms with Gasteiger partial charge in [0.1, 0.15) is 10.7 Å². The van der Waals surface area contributed by atoms with E-state index in [4.69, 9.17) is 4.84 Å². The third kappa shape index (κ3) is 3.39. The van der Waals surface area contributed by atoms with Gasteiger partial charge in [-0.15, -0.1) is 11.3 Å². The molecule has 0 spiro atoms. The molecule has 5 rings (SSSR count). The number of imidazole rings is 1. The van der Waals surface area contributed by atoms with Gasteiger partial charge in [-0.25, -0.2) is 9.78 Å². The summed E-state index contributed by atoms with van der Waals surface area (Å²) in [7, 11) is 2.10. The van der Waals surface area contributed by atoms with Crippen LogP contribution in [0.3, 0.4) is 0 Å². The van der Waals surface area contributed by atoms with Crippen LogP contribution >= 0.6 is 11.3 Å². The van der Waals surface area contributed by atoms with E-state index in [1.54, 1.807) is 0 Å². The highest BCUT2D eigenvalue weighted by Gasteiger charge is 2.32. The van der Waals surface area contributed by atoms with Gasteiger partial charge in [-0.3, -0.25) is 0 Å². The van der Waals surface area contributed by atoms with Gasteiger partial charge in [-0.2, -0.15) is 0 Å². The van der Waals surface area contributed by atoms with Crippen LogP contribution in [0.4, 0.5) is 0 Å². The molecule has 31 heavy (non-hydrogen) atoms. The molecule has 4 aromatic rings. The first-order chi connectivity index (χ1) is 15.0. The molecule has 1 unspecified atom stereocenters. The number of carbonyl (C=O) groups excluding carboxylic acids is 1. The monoisotopic (exact) mass is 432 g/mol. The van der Waals surface area contributed by atoms with Crippen LogP contribution < -0.4 is 0 Å². The number of fused-ring (bicyclic) bond motifs is 3. The van der Waals surface area contributed by atoms with Crippen LogP contribution in [0.15, 0.2) is 53.3 Å². The fraction of sp³-hybridized carbons (Fsp3) is 0.292. The molecule has 0 fully saturated rings. The number of rotatable bonds is 4. The highest BCUT2D eigenvalue weighted by Crippen LogP contribution is 2.35. The fourth-order valence-corrected chi connectivity index (χ4v) is 5.32. The predicted octanol–water partition coefficient (Wildman–Crippen LogP) is 4.88. The van der Waals surface area contributed by atoms with E-state index in [9.17, 15) is 4.79 Å². The highest BCUT2D eigenvalue weighted by molar-refractivity contribution is 7.12. The number of hydrogen-bond donors (Lipinski definition) is 0. The molecule has 7 heteroatoms. The second kappa shape index (κ2) is 7.81. The Balaban J connectivity index is 1.59. The molecular weight excluding hydrogens is 408 g/mol. The minimum atomic E-state index is -0.398. The summed E-state index contributed by atoms with van der Waals surface area (Å²) in [5.74, 6) is 0.697. The van der Waals surface area contributed by atoms with Crippen molar-refractivity contribution in [1.82, 2.24) is 14.1 Å². The molecule has 6 nitrogen and oxygen atoms in total. The zero-order valence-electron chi connectivity index (χ0n) is 17.8. The summed E-state index contributed by atoms with van der Waals surface area (Å²) < 4.78 is 4.38. The lowest BCUT2D eigenvalue weighted by molar-refractivity contribution is 0.0518. The largest absolute Gasteiger partial charge is 0.375 e. The number of nitrogens with zero attached hydrogens (tertiary/aromatic N) is 4. The van der Waals surface area contributed by atoms with Gasteiger partial charge >= 0.3 is 5.97 Å². The van der Waals surface area contributed by atoms with Crippen molar-refractivity contribution in [3.05, 3.63) is 75.6 Å². The molecule has 3 aromatic heterocycles. The standard InChI is InChI=1S/C24H24N4O2S/c1-15-10-13-31-23(15)24(29)30-26-22-17(14-28-12-11-25-16(28)2)8-9-20-21(22)18-6-4-5-7-19(18)27(20)3/h4-7,10-13,17H,8-9,14H2,1-3H3/b26-22+. The maximum Gasteiger partial charge on any atom is 0.375 e.